The molecule has 5 heteroatoms. The maximum absolute atomic E-state index is 11.9. The molecule has 0 aliphatic rings. The van der Waals surface area contributed by atoms with Crippen molar-refractivity contribution in [1.29, 1.82) is 5.26 Å². The summed E-state index contributed by atoms with van der Waals surface area (Å²) >= 11 is 0. The van der Waals surface area contributed by atoms with Crippen LogP contribution in [0.15, 0.2) is 65.3 Å². The minimum absolute atomic E-state index is 0.142. The molecule has 0 saturated heterocycles. The number of nitrogens with zero attached hydrogens (tertiary/aromatic N) is 2. The van der Waals surface area contributed by atoms with Crippen molar-refractivity contribution in [3.8, 4) is 11.8 Å². The molecule has 0 aliphatic carbocycles. The van der Waals surface area contributed by atoms with E-state index >= 15 is 0 Å². The number of nitriles is 1. The fraction of sp³-hybridized carbons (Fsp3) is 0.261. The average Bonchev–Trinajstić information content (AvgIpc) is 2.73. The first-order valence-electron chi connectivity index (χ1n) is 9.41. The highest BCUT2D eigenvalue weighted by Crippen LogP contribution is 2.13. The first kappa shape index (κ1) is 20.9. The number of hydrogen-bond acceptors (Lipinski definition) is 4. The van der Waals surface area contributed by atoms with E-state index in [0.717, 1.165) is 36.8 Å². The van der Waals surface area contributed by atoms with Crippen LogP contribution in [0.1, 0.15) is 43.7 Å². The lowest BCUT2D eigenvalue weighted by molar-refractivity contribution is -0.123. The van der Waals surface area contributed by atoms with Gasteiger partial charge in [-0.1, -0.05) is 56.2 Å². The van der Waals surface area contributed by atoms with Gasteiger partial charge < -0.3 is 4.74 Å². The zero-order chi connectivity index (χ0) is 20.0. The van der Waals surface area contributed by atoms with E-state index in [1.165, 1.54) is 0 Å². The molecule has 2 aromatic carbocycles. The lowest BCUT2D eigenvalue weighted by Gasteiger charge is -2.05. The molecular weight excluding hydrogens is 350 g/mol. The van der Waals surface area contributed by atoms with Gasteiger partial charge in [0.05, 0.1) is 17.8 Å². The molecule has 28 heavy (non-hydrogen) atoms. The summed E-state index contributed by atoms with van der Waals surface area (Å²) in [5, 5.41) is 12.8. The third-order valence-electron chi connectivity index (χ3n) is 3.99. The minimum Gasteiger partial charge on any atom is -0.484 e. The first-order valence-corrected chi connectivity index (χ1v) is 9.41. The first-order chi connectivity index (χ1) is 13.7. The minimum atomic E-state index is -0.340. The van der Waals surface area contributed by atoms with E-state index in [4.69, 9.17) is 10.00 Å². The Balaban J connectivity index is 1.87. The van der Waals surface area contributed by atoms with E-state index in [1.54, 1.807) is 30.5 Å². The zero-order valence-electron chi connectivity index (χ0n) is 16.1. The van der Waals surface area contributed by atoms with Crippen LogP contribution < -0.4 is 10.2 Å². The summed E-state index contributed by atoms with van der Waals surface area (Å²) in [7, 11) is 0. The van der Waals surface area contributed by atoms with Crippen LogP contribution in [0.25, 0.3) is 6.08 Å². The van der Waals surface area contributed by atoms with Crippen LogP contribution in [0, 0.1) is 11.3 Å². The molecule has 2 rings (SSSR count). The van der Waals surface area contributed by atoms with E-state index in [1.807, 2.05) is 36.4 Å². The topological polar surface area (TPSA) is 74.5 Å². The van der Waals surface area contributed by atoms with Gasteiger partial charge in [0.1, 0.15) is 5.75 Å². The molecule has 0 aliphatic heterocycles. The van der Waals surface area contributed by atoms with Crippen molar-refractivity contribution in [3.05, 3.63) is 71.3 Å². The van der Waals surface area contributed by atoms with Gasteiger partial charge in [-0.2, -0.15) is 10.4 Å². The van der Waals surface area contributed by atoms with Gasteiger partial charge >= 0.3 is 0 Å². The largest absolute Gasteiger partial charge is 0.484 e. The second-order valence-corrected chi connectivity index (χ2v) is 6.31. The molecular formula is C23H25N3O2. The zero-order valence-corrected chi connectivity index (χ0v) is 16.1. The lowest BCUT2D eigenvalue weighted by Crippen LogP contribution is -2.24. The number of hydrogen-bond donors (Lipinski definition) is 1. The number of nitrogens with one attached hydrogen (secondary N) is 1. The Morgan fingerprint density at radius 3 is 2.57 bits per heavy atom. The van der Waals surface area contributed by atoms with Gasteiger partial charge in [0.2, 0.25) is 0 Å². The molecule has 0 aromatic heterocycles. The molecule has 0 saturated carbocycles. The van der Waals surface area contributed by atoms with Crippen LogP contribution in [0.3, 0.4) is 0 Å². The number of carbonyl (C=O) groups excluding carboxylic acids is 1. The molecule has 0 heterocycles. The number of amides is 1. The van der Waals surface area contributed by atoms with E-state index in [9.17, 15) is 4.79 Å². The van der Waals surface area contributed by atoms with Crippen molar-refractivity contribution >= 4 is 18.2 Å². The van der Waals surface area contributed by atoms with Crippen molar-refractivity contribution in [2.45, 2.75) is 32.6 Å². The predicted octanol–water partition coefficient (Wildman–Crippen LogP) is 4.70. The molecule has 0 spiro atoms. The summed E-state index contributed by atoms with van der Waals surface area (Å²) in [4.78, 5) is 11.9. The highest BCUT2D eigenvalue weighted by Gasteiger charge is 2.02. The average molecular weight is 375 g/mol. The second kappa shape index (κ2) is 12.1. The summed E-state index contributed by atoms with van der Waals surface area (Å²) in [6.07, 6.45) is 8.07. The monoisotopic (exact) mass is 375 g/mol. The molecule has 2 aromatic rings. The van der Waals surface area contributed by atoms with Crippen LogP contribution in [0.4, 0.5) is 0 Å². The van der Waals surface area contributed by atoms with Gasteiger partial charge in [-0.3, -0.25) is 4.79 Å². The smallest absolute Gasteiger partial charge is 0.277 e. The van der Waals surface area contributed by atoms with Gasteiger partial charge in [0, 0.05) is 0 Å². The number of rotatable bonds is 10. The summed E-state index contributed by atoms with van der Waals surface area (Å²) in [5.41, 5.74) is 5.21. The predicted molar refractivity (Wildman–Crippen MR) is 112 cm³/mol. The standard InChI is InChI=1S/C23H25N3O2/c1-2-3-5-10-21(15-19-8-6-4-7-9-19)17-25-26-23(27)18-28-22-13-11-20(16-24)12-14-22/h4,6-9,11-15,17H,2-3,5,10,18H2,1H3,(H,26,27)/b21-15+,25-17+. The Bertz CT molecular complexity index is 834. The third kappa shape index (κ3) is 7.88. The molecule has 1 amide bonds. The number of carbonyl (C=O) groups is 1. The molecule has 1 N–H and O–H groups in total. The molecule has 144 valence electrons. The van der Waals surface area contributed by atoms with Crippen molar-refractivity contribution in [1.82, 2.24) is 5.43 Å². The highest BCUT2D eigenvalue weighted by atomic mass is 16.5. The fourth-order valence-corrected chi connectivity index (χ4v) is 2.51. The van der Waals surface area contributed by atoms with Gasteiger partial charge in [-0.05, 0) is 48.2 Å². The van der Waals surface area contributed by atoms with Crippen LogP contribution in [-0.4, -0.2) is 18.7 Å². The molecule has 0 fully saturated rings. The summed E-state index contributed by atoms with van der Waals surface area (Å²) in [5.74, 6) is 0.190. The summed E-state index contributed by atoms with van der Waals surface area (Å²) in [6, 6.07) is 18.7. The normalized spacial score (nSPS) is 11.2. The highest BCUT2D eigenvalue weighted by molar-refractivity contribution is 5.87. The Morgan fingerprint density at radius 1 is 1.14 bits per heavy atom. The number of unbranched alkanes of at least 4 members (excludes halogenated alkanes) is 2. The van der Waals surface area contributed by atoms with Crippen molar-refractivity contribution in [2.24, 2.45) is 5.10 Å². The van der Waals surface area contributed by atoms with Crippen molar-refractivity contribution in [3.63, 3.8) is 0 Å². The van der Waals surface area contributed by atoms with Gasteiger partial charge in [-0.25, -0.2) is 5.43 Å². The number of ether oxygens (including phenoxy) is 1. The quantitative estimate of drug-likeness (QED) is 0.371. The SMILES string of the molecule is CCCCCC(/C=N/NC(=O)COc1ccc(C#N)cc1)=C\c1ccccc1. The maximum atomic E-state index is 11.9. The molecule has 0 radical (unpaired) electrons. The number of hydrazone groups is 1. The lowest BCUT2D eigenvalue weighted by atomic mass is 10.1. The molecule has 5 nitrogen and oxygen atoms in total. The van der Waals surface area contributed by atoms with Crippen LogP contribution >= 0.6 is 0 Å². The van der Waals surface area contributed by atoms with Crippen LogP contribution in [0.2, 0.25) is 0 Å². The van der Waals surface area contributed by atoms with E-state index in [0.29, 0.717) is 11.3 Å². The van der Waals surface area contributed by atoms with Crippen molar-refractivity contribution in [2.75, 3.05) is 6.61 Å². The summed E-state index contributed by atoms with van der Waals surface area (Å²) < 4.78 is 5.39. The maximum Gasteiger partial charge on any atom is 0.277 e. The molecule has 0 atom stereocenters. The van der Waals surface area contributed by atoms with E-state index < -0.39 is 0 Å². The Labute approximate surface area is 166 Å². The Morgan fingerprint density at radius 2 is 1.89 bits per heavy atom. The van der Waals surface area contributed by atoms with Crippen molar-refractivity contribution < 1.29 is 9.53 Å². The fourth-order valence-electron chi connectivity index (χ4n) is 2.51. The Kier molecular flexibility index (Phi) is 9.02. The molecule has 0 bridgehead atoms. The van der Waals surface area contributed by atoms with Gasteiger partial charge in [0.25, 0.3) is 5.91 Å². The Hall–Kier alpha value is -3.39. The van der Waals surface area contributed by atoms with Crippen LogP contribution in [-0.2, 0) is 4.79 Å². The summed E-state index contributed by atoms with van der Waals surface area (Å²) in [6.45, 7) is 2.03. The molecule has 0 unspecified atom stereocenters. The van der Waals surface area contributed by atoms with E-state index in [-0.39, 0.29) is 12.5 Å². The van der Waals surface area contributed by atoms with Gasteiger partial charge in [0.15, 0.2) is 6.61 Å². The van der Waals surface area contributed by atoms with Crippen LogP contribution in [0.5, 0.6) is 5.75 Å². The number of allylic oxidation sites excluding steroid dienone is 1. The number of benzene rings is 2. The van der Waals surface area contributed by atoms with E-state index in [2.05, 4.69) is 23.5 Å². The third-order valence-corrected chi connectivity index (χ3v) is 3.99. The van der Waals surface area contributed by atoms with Gasteiger partial charge in [-0.15, -0.1) is 0 Å². The second-order valence-electron chi connectivity index (χ2n) is 6.31.